The zero-order valence-electron chi connectivity index (χ0n) is 18.8. The van der Waals surface area contributed by atoms with Crippen LogP contribution >= 0.6 is 23.2 Å². The van der Waals surface area contributed by atoms with Gasteiger partial charge in [-0.05, 0) is 97.9 Å². The highest BCUT2D eigenvalue weighted by molar-refractivity contribution is 6.35. The summed E-state index contributed by atoms with van der Waals surface area (Å²) in [5.74, 6) is 2.99. The lowest BCUT2D eigenvalue weighted by Crippen LogP contribution is -2.54. The first-order valence-electron chi connectivity index (χ1n) is 12.2. The summed E-state index contributed by atoms with van der Waals surface area (Å²) in [6.07, 6.45) is 11.2. The highest BCUT2D eigenvalue weighted by Crippen LogP contribution is 2.61. The maximum absolute atomic E-state index is 6.48. The summed E-state index contributed by atoms with van der Waals surface area (Å²) in [6, 6.07) is 15.1. The van der Waals surface area contributed by atoms with Crippen molar-refractivity contribution in [3.8, 4) is 0 Å². The van der Waals surface area contributed by atoms with Gasteiger partial charge in [-0.3, -0.25) is 0 Å². The summed E-state index contributed by atoms with van der Waals surface area (Å²) in [5, 5.41) is 6.73. The van der Waals surface area contributed by atoms with Gasteiger partial charge in [0.05, 0.1) is 0 Å². The smallest absolute Gasteiger partial charge is 0.0491 e. The van der Waals surface area contributed by atoms with Gasteiger partial charge in [0, 0.05) is 46.3 Å². The van der Waals surface area contributed by atoms with E-state index < -0.39 is 0 Å². The van der Waals surface area contributed by atoms with E-state index in [1.165, 1.54) is 55.0 Å². The molecule has 4 bridgehead atoms. The van der Waals surface area contributed by atoms with E-state index in [9.17, 15) is 0 Å². The van der Waals surface area contributed by atoms with Gasteiger partial charge < -0.3 is 9.88 Å². The molecule has 1 aromatic heterocycles. The number of aromatic nitrogens is 1. The number of halogens is 2. The van der Waals surface area contributed by atoms with Crippen LogP contribution in [0.3, 0.4) is 0 Å². The Balaban J connectivity index is 1.23. The van der Waals surface area contributed by atoms with Gasteiger partial charge in [-0.1, -0.05) is 47.5 Å². The van der Waals surface area contributed by atoms with Gasteiger partial charge in [-0.2, -0.15) is 0 Å². The van der Waals surface area contributed by atoms with Gasteiger partial charge >= 0.3 is 0 Å². The Kier molecular flexibility index (Phi) is 5.32. The molecule has 1 N–H and O–H groups in total. The predicted octanol–water partition coefficient (Wildman–Crippen LogP) is 7.69. The van der Waals surface area contributed by atoms with Crippen LogP contribution in [0.15, 0.2) is 48.7 Å². The molecule has 3 aromatic rings. The first-order chi connectivity index (χ1) is 15.5. The van der Waals surface area contributed by atoms with Gasteiger partial charge in [0.2, 0.25) is 0 Å². The molecule has 1 atom stereocenters. The highest BCUT2D eigenvalue weighted by Gasteiger charge is 2.52. The second kappa shape index (κ2) is 8.08. The molecule has 0 saturated heterocycles. The van der Waals surface area contributed by atoms with Crippen LogP contribution in [0.5, 0.6) is 0 Å². The normalized spacial score (nSPS) is 29.7. The molecule has 1 heterocycles. The molecule has 4 aliphatic rings. The summed E-state index contributed by atoms with van der Waals surface area (Å²) in [7, 11) is 0. The molecular formula is C28H32Cl2N2. The predicted molar refractivity (Wildman–Crippen MR) is 134 cm³/mol. The van der Waals surface area contributed by atoms with E-state index in [0.717, 1.165) is 41.4 Å². The maximum Gasteiger partial charge on any atom is 0.0491 e. The Morgan fingerprint density at radius 2 is 1.66 bits per heavy atom. The lowest BCUT2D eigenvalue weighted by Gasteiger charge is -2.59. The van der Waals surface area contributed by atoms with E-state index in [-0.39, 0.29) is 0 Å². The standard InChI is InChI=1S/C28H32Cl2N2/c1-18(28-12-19-8-20(13-28)10-21(9-19)14-28)31-15-23-17-32(27-5-3-2-4-25(23)27)16-22-6-7-24(29)11-26(22)30/h2-7,11,17-21,31H,8-10,12-16H2,1H3/t18-,19?,20?,21?,28?/m1/s1. The lowest BCUT2D eigenvalue weighted by molar-refractivity contribution is -0.0706. The zero-order chi connectivity index (χ0) is 21.9. The summed E-state index contributed by atoms with van der Waals surface area (Å²) in [5.41, 5.74) is 4.27. The molecule has 4 aliphatic carbocycles. The average Bonchev–Trinajstić information content (AvgIpc) is 3.10. The number of nitrogens with zero attached hydrogens (tertiary/aromatic N) is 1. The van der Waals surface area contributed by atoms with Crippen molar-refractivity contribution in [2.45, 2.75) is 64.6 Å². The maximum atomic E-state index is 6.48. The number of hydrogen-bond donors (Lipinski definition) is 1. The topological polar surface area (TPSA) is 17.0 Å². The van der Waals surface area contributed by atoms with E-state index in [0.29, 0.717) is 16.5 Å². The SMILES string of the molecule is C[C@@H](NCc1cn(Cc2ccc(Cl)cc2Cl)c2ccccc12)C12CC3CC(CC(C3)C1)C2. The molecular weight excluding hydrogens is 435 g/mol. The van der Waals surface area contributed by atoms with Gasteiger partial charge in [-0.15, -0.1) is 0 Å². The third kappa shape index (κ3) is 3.69. The molecule has 4 heteroatoms. The fourth-order valence-electron chi connectivity index (χ4n) is 7.62. The molecule has 0 radical (unpaired) electrons. The van der Waals surface area contributed by atoms with Gasteiger partial charge in [0.1, 0.15) is 0 Å². The molecule has 4 saturated carbocycles. The van der Waals surface area contributed by atoms with E-state index in [1.807, 2.05) is 18.2 Å². The van der Waals surface area contributed by atoms with E-state index in [2.05, 4.69) is 47.3 Å². The summed E-state index contributed by atoms with van der Waals surface area (Å²) >= 11 is 12.6. The highest BCUT2D eigenvalue weighted by atomic mass is 35.5. The van der Waals surface area contributed by atoms with Crippen molar-refractivity contribution >= 4 is 34.1 Å². The number of hydrogen-bond acceptors (Lipinski definition) is 1. The fourth-order valence-corrected chi connectivity index (χ4v) is 8.08. The second-order valence-electron chi connectivity index (χ2n) is 10.9. The number of benzene rings is 2. The Morgan fingerprint density at radius 3 is 2.34 bits per heavy atom. The number of rotatable bonds is 6. The molecule has 168 valence electrons. The van der Waals surface area contributed by atoms with E-state index >= 15 is 0 Å². The molecule has 0 unspecified atom stereocenters. The van der Waals surface area contributed by atoms with Crippen LogP contribution in [-0.2, 0) is 13.1 Å². The van der Waals surface area contributed by atoms with Crippen LogP contribution in [0.25, 0.3) is 10.9 Å². The Hall–Kier alpha value is -1.48. The zero-order valence-corrected chi connectivity index (χ0v) is 20.3. The van der Waals surface area contributed by atoms with Crippen LogP contribution in [0.2, 0.25) is 10.0 Å². The van der Waals surface area contributed by atoms with Crippen LogP contribution in [0.1, 0.15) is 56.6 Å². The third-order valence-electron chi connectivity index (χ3n) is 8.83. The quantitative estimate of drug-likeness (QED) is 0.393. The van der Waals surface area contributed by atoms with Crippen molar-refractivity contribution in [3.05, 3.63) is 69.8 Å². The fraction of sp³-hybridized carbons (Fsp3) is 0.500. The third-order valence-corrected chi connectivity index (χ3v) is 9.42. The second-order valence-corrected chi connectivity index (χ2v) is 11.8. The summed E-state index contributed by atoms with van der Waals surface area (Å²) in [6.45, 7) is 4.13. The molecule has 0 spiro atoms. The van der Waals surface area contributed by atoms with Crippen molar-refractivity contribution < 1.29 is 0 Å². The molecule has 4 fully saturated rings. The van der Waals surface area contributed by atoms with Crippen LogP contribution < -0.4 is 5.32 Å². The number of nitrogens with one attached hydrogen (secondary N) is 1. The molecule has 0 aliphatic heterocycles. The van der Waals surface area contributed by atoms with Crippen LogP contribution in [-0.4, -0.2) is 10.6 Å². The minimum absolute atomic E-state index is 0.532. The molecule has 2 aromatic carbocycles. The van der Waals surface area contributed by atoms with Gasteiger partial charge in [0.15, 0.2) is 0 Å². The Labute approximate surface area is 201 Å². The number of para-hydroxylation sites is 1. The largest absolute Gasteiger partial charge is 0.343 e. The van der Waals surface area contributed by atoms with Crippen molar-refractivity contribution in [2.75, 3.05) is 0 Å². The first-order valence-corrected chi connectivity index (χ1v) is 13.0. The molecule has 32 heavy (non-hydrogen) atoms. The Bertz CT molecular complexity index is 1110. The van der Waals surface area contributed by atoms with E-state index in [1.54, 1.807) is 0 Å². The monoisotopic (exact) mass is 466 g/mol. The average molecular weight is 467 g/mol. The van der Waals surface area contributed by atoms with Gasteiger partial charge in [0.25, 0.3) is 0 Å². The van der Waals surface area contributed by atoms with Gasteiger partial charge in [-0.25, -0.2) is 0 Å². The molecule has 7 rings (SSSR count). The van der Waals surface area contributed by atoms with E-state index in [4.69, 9.17) is 23.2 Å². The van der Waals surface area contributed by atoms with Crippen LogP contribution in [0.4, 0.5) is 0 Å². The van der Waals surface area contributed by atoms with Crippen LogP contribution in [0, 0.1) is 23.2 Å². The minimum Gasteiger partial charge on any atom is -0.343 e. The van der Waals surface area contributed by atoms with Crippen molar-refractivity contribution in [2.24, 2.45) is 23.2 Å². The molecule has 0 amide bonds. The van der Waals surface area contributed by atoms with Crippen molar-refractivity contribution in [1.82, 2.24) is 9.88 Å². The van der Waals surface area contributed by atoms with Crippen molar-refractivity contribution in [1.29, 1.82) is 0 Å². The summed E-state index contributed by atoms with van der Waals surface area (Å²) in [4.78, 5) is 0. The lowest BCUT2D eigenvalue weighted by atomic mass is 9.48. The first kappa shape index (κ1) is 21.1. The number of fused-ring (bicyclic) bond motifs is 1. The minimum atomic E-state index is 0.532. The van der Waals surface area contributed by atoms with Crippen molar-refractivity contribution in [3.63, 3.8) is 0 Å². The molecule has 2 nitrogen and oxygen atoms in total. The summed E-state index contributed by atoms with van der Waals surface area (Å²) < 4.78 is 2.33. The Morgan fingerprint density at radius 1 is 0.969 bits per heavy atom.